The van der Waals surface area contributed by atoms with Gasteiger partial charge in [-0.1, -0.05) is 17.7 Å². The Labute approximate surface area is 165 Å². The first-order valence-electron chi connectivity index (χ1n) is 8.19. The summed E-state index contributed by atoms with van der Waals surface area (Å²) in [6.45, 7) is 0.152. The second-order valence-electron chi connectivity index (χ2n) is 6.04. The first-order valence-corrected chi connectivity index (χ1v) is 10.0. The lowest BCUT2D eigenvalue weighted by Gasteiger charge is -2.34. The summed E-state index contributed by atoms with van der Waals surface area (Å²) in [5, 5.41) is 10.7. The molecule has 1 aliphatic rings. The summed E-state index contributed by atoms with van der Waals surface area (Å²) in [5.74, 6) is -1.34. The quantitative estimate of drug-likeness (QED) is 0.551. The van der Waals surface area contributed by atoms with Crippen LogP contribution < -0.4 is 0 Å². The van der Waals surface area contributed by atoms with Gasteiger partial charge in [0.05, 0.1) is 20.4 Å². The molecule has 0 aromatic heterocycles. The molecule has 1 aliphatic heterocycles. The van der Waals surface area contributed by atoms with E-state index in [2.05, 4.69) is 0 Å². The van der Waals surface area contributed by atoms with Gasteiger partial charge in [0.2, 0.25) is 10.0 Å². The van der Waals surface area contributed by atoms with Crippen LogP contribution in [0.4, 0.5) is 10.1 Å². The van der Waals surface area contributed by atoms with Crippen molar-refractivity contribution < 1.29 is 22.5 Å². The number of hydrogen-bond acceptors (Lipinski definition) is 5. The van der Waals surface area contributed by atoms with Crippen LogP contribution >= 0.6 is 11.6 Å². The van der Waals surface area contributed by atoms with Crippen LogP contribution in [0.3, 0.4) is 0 Å². The fraction of sp³-hybridized carbons (Fsp3) is 0.235. The van der Waals surface area contributed by atoms with Crippen molar-refractivity contribution in [1.29, 1.82) is 0 Å². The van der Waals surface area contributed by atoms with Crippen LogP contribution in [0.2, 0.25) is 5.02 Å². The molecule has 2 aromatic rings. The molecule has 0 spiro atoms. The zero-order valence-electron chi connectivity index (χ0n) is 14.4. The molecule has 1 saturated heterocycles. The lowest BCUT2D eigenvalue weighted by atomic mass is 10.1. The van der Waals surface area contributed by atoms with Crippen molar-refractivity contribution in [3.63, 3.8) is 0 Å². The SMILES string of the molecule is O=C(c1c(F)cccc1Cl)N1CCN(S(=O)(=O)c2ccc([N+](=O)[O-])cc2)CC1. The molecule has 28 heavy (non-hydrogen) atoms. The van der Waals surface area contributed by atoms with E-state index in [1.165, 1.54) is 33.5 Å². The third kappa shape index (κ3) is 3.84. The Morgan fingerprint density at radius 2 is 1.68 bits per heavy atom. The molecule has 1 fully saturated rings. The Bertz CT molecular complexity index is 1000. The number of hydrogen-bond donors (Lipinski definition) is 0. The number of nitro groups is 1. The predicted molar refractivity (Wildman–Crippen MR) is 99.2 cm³/mol. The Balaban J connectivity index is 1.72. The minimum Gasteiger partial charge on any atom is -0.336 e. The Kier molecular flexibility index (Phi) is 5.64. The van der Waals surface area contributed by atoms with E-state index in [0.717, 1.165) is 18.2 Å². The van der Waals surface area contributed by atoms with E-state index in [0.29, 0.717) is 0 Å². The maximum atomic E-state index is 13.9. The molecular weight excluding hydrogens is 413 g/mol. The van der Waals surface area contributed by atoms with E-state index in [1.807, 2.05) is 0 Å². The van der Waals surface area contributed by atoms with E-state index in [9.17, 15) is 27.7 Å². The Morgan fingerprint density at radius 1 is 1.07 bits per heavy atom. The summed E-state index contributed by atoms with van der Waals surface area (Å²) < 4.78 is 40.5. The molecule has 8 nitrogen and oxygen atoms in total. The van der Waals surface area contributed by atoms with Gasteiger partial charge in [0, 0.05) is 38.3 Å². The fourth-order valence-electron chi connectivity index (χ4n) is 2.88. The van der Waals surface area contributed by atoms with Gasteiger partial charge in [0.25, 0.3) is 11.6 Å². The van der Waals surface area contributed by atoms with Gasteiger partial charge in [0.1, 0.15) is 5.82 Å². The van der Waals surface area contributed by atoms with Crippen molar-refractivity contribution in [3.05, 3.63) is 69.0 Å². The number of piperazine rings is 1. The largest absolute Gasteiger partial charge is 0.336 e. The van der Waals surface area contributed by atoms with Gasteiger partial charge in [-0.25, -0.2) is 12.8 Å². The van der Waals surface area contributed by atoms with Crippen molar-refractivity contribution in [1.82, 2.24) is 9.21 Å². The van der Waals surface area contributed by atoms with Gasteiger partial charge >= 0.3 is 0 Å². The summed E-state index contributed by atoms with van der Waals surface area (Å²) in [4.78, 5) is 23.9. The van der Waals surface area contributed by atoms with Crippen LogP contribution in [0, 0.1) is 15.9 Å². The van der Waals surface area contributed by atoms with Gasteiger partial charge in [-0.15, -0.1) is 0 Å². The summed E-state index contributed by atoms with van der Waals surface area (Å²) >= 11 is 5.92. The topological polar surface area (TPSA) is 101 Å². The number of rotatable bonds is 4. The number of non-ortho nitro benzene ring substituents is 1. The molecule has 0 unspecified atom stereocenters. The molecule has 11 heteroatoms. The van der Waals surface area contributed by atoms with Crippen LogP contribution in [-0.2, 0) is 10.0 Å². The molecule has 0 aliphatic carbocycles. The highest BCUT2D eigenvalue weighted by Gasteiger charge is 2.32. The number of sulfonamides is 1. The minimum absolute atomic E-state index is 0.00840. The van der Waals surface area contributed by atoms with Crippen LogP contribution in [-0.4, -0.2) is 54.6 Å². The van der Waals surface area contributed by atoms with Crippen molar-refractivity contribution in [2.75, 3.05) is 26.2 Å². The van der Waals surface area contributed by atoms with E-state index in [4.69, 9.17) is 11.6 Å². The molecule has 0 atom stereocenters. The summed E-state index contributed by atoms with van der Waals surface area (Å²) in [7, 11) is -3.86. The van der Waals surface area contributed by atoms with Crippen LogP contribution in [0.5, 0.6) is 0 Å². The van der Waals surface area contributed by atoms with Crippen molar-refractivity contribution in [3.8, 4) is 0 Å². The number of nitrogens with zero attached hydrogens (tertiary/aromatic N) is 3. The Hall–Kier alpha value is -2.56. The molecule has 1 amide bonds. The summed E-state index contributed by atoms with van der Waals surface area (Å²) in [6.07, 6.45) is 0. The zero-order valence-corrected chi connectivity index (χ0v) is 16.0. The second-order valence-corrected chi connectivity index (χ2v) is 8.39. The maximum absolute atomic E-state index is 13.9. The molecule has 0 radical (unpaired) electrons. The molecule has 0 bridgehead atoms. The average molecular weight is 428 g/mol. The molecule has 2 aromatic carbocycles. The number of amides is 1. The monoisotopic (exact) mass is 427 g/mol. The number of carbonyl (C=O) groups is 1. The number of halogens is 2. The lowest BCUT2D eigenvalue weighted by Crippen LogP contribution is -2.50. The molecular formula is C17H15ClFN3O5S. The standard InChI is InChI=1S/C17H15ClFN3O5S/c18-14-2-1-3-15(19)16(14)17(23)20-8-10-21(11-9-20)28(26,27)13-6-4-12(5-7-13)22(24)25/h1-7H,8-11H2. The van der Waals surface area contributed by atoms with Crippen LogP contribution in [0.25, 0.3) is 0 Å². The average Bonchev–Trinajstić information content (AvgIpc) is 2.68. The normalized spacial score (nSPS) is 15.4. The second kappa shape index (κ2) is 7.82. The fourth-order valence-corrected chi connectivity index (χ4v) is 4.55. The van der Waals surface area contributed by atoms with E-state index >= 15 is 0 Å². The third-order valence-electron chi connectivity index (χ3n) is 4.39. The van der Waals surface area contributed by atoms with Crippen LogP contribution in [0.15, 0.2) is 47.4 Å². The number of benzene rings is 2. The smallest absolute Gasteiger partial charge is 0.269 e. The predicted octanol–water partition coefficient (Wildman–Crippen LogP) is 2.53. The van der Waals surface area contributed by atoms with Crippen molar-refractivity contribution in [2.45, 2.75) is 4.90 Å². The third-order valence-corrected chi connectivity index (χ3v) is 6.62. The van der Waals surface area contributed by atoms with Gasteiger partial charge < -0.3 is 4.90 Å². The summed E-state index contributed by atoms with van der Waals surface area (Å²) in [5.41, 5.74) is -0.452. The highest BCUT2D eigenvalue weighted by atomic mass is 35.5. The Morgan fingerprint density at radius 3 is 2.21 bits per heavy atom. The van der Waals surface area contributed by atoms with Gasteiger partial charge in [0.15, 0.2) is 0 Å². The molecule has 0 N–H and O–H groups in total. The first kappa shape index (κ1) is 20.2. The summed E-state index contributed by atoms with van der Waals surface area (Å²) in [6, 6.07) is 8.51. The van der Waals surface area contributed by atoms with E-state index < -0.39 is 26.7 Å². The molecule has 0 saturated carbocycles. The maximum Gasteiger partial charge on any atom is 0.269 e. The highest BCUT2D eigenvalue weighted by Crippen LogP contribution is 2.24. The highest BCUT2D eigenvalue weighted by molar-refractivity contribution is 7.89. The van der Waals surface area contributed by atoms with Crippen molar-refractivity contribution >= 4 is 33.2 Å². The minimum atomic E-state index is -3.86. The molecule has 1 heterocycles. The molecule has 3 rings (SSSR count). The lowest BCUT2D eigenvalue weighted by molar-refractivity contribution is -0.384. The number of nitro benzene ring substituents is 1. The first-order chi connectivity index (χ1) is 13.2. The van der Waals surface area contributed by atoms with Gasteiger partial charge in [-0.3, -0.25) is 14.9 Å². The zero-order chi connectivity index (χ0) is 20.5. The van der Waals surface area contributed by atoms with Gasteiger partial charge in [-0.05, 0) is 24.3 Å². The number of carbonyl (C=O) groups excluding carboxylic acids is 1. The van der Waals surface area contributed by atoms with E-state index in [1.54, 1.807) is 0 Å². The van der Waals surface area contributed by atoms with Crippen molar-refractivity contribution in [2.24, 2.45) is 0 Å². The van der Waals surface area contributed by atoms with E-state index in [-0.39, 0.29) is 47.3 Å². The van der Waals surface area contributed by atoms with Gasteiger partial charge in [-0.2, -0.15) is 4.31 Å². The molecule has 148 valence electrons. The van der Waals surface area contributed by atoms with Crippen LogP contribution in [0.1, 0.15) is 10.4 Å².